The fourth-order valence-corrected chi connectivity index (χ4v) is 7.26. The molecule has 0 aliphatic heterocycles. The Kier molecular flexibility index (Phi) is 9.90. The topological polar surface area (TPSA) is 120 Å². The van der Waals surface area contributed by atoms with Crippen LogP contribution in [0.1, 0.15) is 59.6 Å². The van der Waals surface area contributed by atoms with Crippen LogP contribution in [0.5, 0.6) is 0 Å². The molecule has 2 aromatic heterocycles. The summed E-state index contributed by atoms with van der Waals surface area (Å²) >= 11 is 6.26. The highest BCUT2D eigenvalue weighted by Gasteiger charge is 2.38. The molecule has 8 nitrogen and oxygen atoms in total. The summed E-state index contributed by atoms with van der Waals surface area (Å²) in [7, 11) is -2.32. The zero-order valence-electron chi connectivity index (χ0n) is 26.6. The van der Waals surface area contributed by atoms with Gasteiger partial charge in [-0.2, -0.15) is 15.2 Å². The maximum Gasteiger partial charge on any atom is 0.412 e. The fraction of sp³-hybridized carbons (Fsp3) is 0.419. The van der Waals surface area contributed by atoms with Gasteiger partial charge in [-0.1, -0.05) is 38.4 Å². The molecule has 0 bridgehead atoms. The van der Waals surface area contributed by atoms with Gasteiger partial charge in [-0.05, 0) is 57.5 Å². The number of anilines is 1. The number of nitrogens with one attached hydrogen (secondary N) is 1. The normalized spacial score (nSPS) is 13.2. The number of fused-ring (bicyclic) bond motifs is 2. The van der Waals surface area contributed by atoms with Crippen LogP contribution in [0.15, 0.2) is 23.5 Å². The molecule has 1 atom stereocenters. The van der Waals surface area contributed by atoms with Gasteiger partial charge in [0.25, 0.3) is 0 Å². The molecule has 0 aliphatic rings. The highest BCUT2D eigenvalue weighted by atomic mass is 35.5. The van der Waals surface area contributed by atoms with Gasteiger partial charge in [0.05, 0.1) is 21.9 Å². The molecule has 2 aromatic carbocycles. The number of nitrogens with zero attached hydrogens (tertiary/aromatic N) is 3. The molecule has 45 heavy (non-hydrogen) atoms. The Bertz CT molecular complexity index is 1850. The number of carbonyl (C=O) groups is 1. The predicted molar refractivity (Wildman–Crippen MR) is 179 cm³/mol. The molecule has 0 spiro atoms. The van der Waals surface area contributed by atoms with E-state index in [-0.39, 0.29) is 70.3 Å². The minimum atomic E-state index is -2.32. The molecule has 0 saturated carbocycles. The number of hydrogen-bond acceptors (Lipinski definition) is 8. The molecule has 14 heteroatoms. The van der Waals surface area contributed by atoms with Crippen LogP contribution in [0, 0.1) is 23.0 Å². The van der Waals surface area contributed by atoms with Crippen molar-refractivity contribution in [2.24, 2.45) is 0 Å². The van der Waals surface area contributed by atoms with Crippen molar-refractivity contribution in [1.29, 1.82) is 5.26 Å². The van der Waals surface area contributed by atoms with E-state index in [1.54, 1.807) is 27.7 Å². The lowest BCUT2D eigenvalue weighted by Gasteiger charge is -2.36. The molecule has 4 aromatic rings. The van der Waals surface area contributed by atoms with E-state index in [0.717, 1.165) is 17.4 Å². The van der Waals surface area contributed by atoms with Crippen molar-refractivity contribution in [2.45, 2.75) is 84.0 Å². The second-order valence-corrected chi connectivity index (χ2v) is 20.8. The van der Waals surface area contributed by atoms with Crippen LogP contribution in [0.25, 0.3) is 32.1 Å². The largest absolute Gasteiger partial charge is 0.609 e. The van der Waals surface area contributed by atoms with E-state index in [4.69, 9.17) is 20.8 Å². The third-order valence-electron chi connectivity index (χ3n) is 7.64. The molecular formula is C31H35ClF2N4O4S2Si. The van der Waals surface area contributed by atoms with E-state index < -0.39 is 42.8 Å². The summed E-state index contributed by atoms with van der Waals surface area (Å²) in [4.78, 5) is 21.2. The van der Waals surface area contributed by atoms with Crippen molar-refractivity contribution in [2.75, 3.05) is 11.1 Å². The lowest BCUT2D eigenvalue weighted by atomic mass is 9.95. The highest BCUT2D eigenvalue weighted by Crippen LogP contribution is 2.47. The van der Waals surface area contributed by atoms with Crippen LogP contribution >= 0.6 is 22.9 Å². The Hall–Kier alpha value is -2.86. The summed E-state index contributed by atoms with van der Waals surface area (Å²) in [6, 6.07) is 4.52. The monoisotopic (exact) mass is 692 g/mol. The van der Waals surface area contributed by atoms with E-state index in [2.05, 4.69) is 49.1 Å². The molecule has 1 unspecified atom stereocenters. The van der Waals surface area contributed by atoms with Gasteiger partial charge < -0.3 is 13.7 Å². The van der Waals surface area contributed by atoms with E-state index in [1.807, 2.05) is 6.07 Å². The smallest absolute Gasteiger partial charge is 0.412 e. The Morgan fingerprint density at radius 3 is 2.47 bits per heavy atom. The number of rotatable bonds is 7. The van der Waals surface area contributed by atoms with Crippen molar-refractivity contribution < 1.29 is 27.3 Å². The molecule has 0 saturated heterocycles. The number of benzene rings is 2. The van der Waals surface area contributed by atoms with Gasteiger partial charge in [-0.3, -0.25) is 5.32 Å². The molecule has 0 radical (unpaired) electrons. The first-order valence-electron chi connectivity index (χ1n) is 14.2. The van der Waals surface area contributed by atoms with E-state index >= 15 is 8.78 Å². The molecule has 4 rings (SSSR count). The van der Waals surface area contributed by atoms with Crippen LogP contribution in [0.4, 0.5) is 18.6 Å². The van der Waals surface area contributed by atoms with Crippen LogP contribution in [0.3, 0.4) is 0 Å². The lowest BCUT2D eigenvalue weighted by Crippen LogP contribution is -2.40. The van der Waals surface area contributed by atoms with Crippen LogP contribution in [-0.2, 0) is 26.9 Å². The van der Waals surface area contributed by atoms with Gasteiger partial charge in [-0.25, -0.2) is 13.6 Å². The quantitative estimate of drug-likeness (QED) is 0.116. The summed E-state index contributed by atoms with van der Waals surface area (Å²) in [6.07, 6.45) is 0.559. The second-order valence-electron chi connectivity index (χ2n) is 12.9. The van der Waals surface area contributed by atoms with Crippen molar-refractivity contribution in [1.82, 2.24) is 9.97 Å². The van der Waals surface area contributed by atoms with Crippen molar-refractivity contribution in [3.63, 3.8) is 0 Å². The molecule has 1 amide bonds. The number of thiophene rings is 1. The van der Waals surface area contributed by atoms with Gasteiger partial charge in [0.1, 0.15) is 33.8 Å². The number of nitriles is 1. The van der Waals surface area contributed by atoms with Crippen LogP contribution in [0.2, 0.25) is 23.2 Å². The lowest BCUT2D eigenvalue weighted by molar-refractivity contribution is 0.0636. The first-order chi connectivity index (χ1) is 20.8. The Morgan fingerprint density at radius 2 is 1.89 bits per heavy atom. The van der Waals surface area contributed by atoms with Gasteiger partial charge >= 0.3 is 11.2 Å². The zero-order chi connectivity index (χ0) is 33.6. The maximum atomic E-state index is 16.7. The summed E-state index contributed by atoms with van der Waals surface area (Å²) < 4.78 is 56.4. The van der Waals surface area contributed by atoms with Gasteiger partial charge in [0, 0.05) is 39.3 Å². The van der Waals surface area contributed by atoms with Crippen molar-refractivity contribution in [3.8, 4) is 17.2 Å². The zero-order valence-corrected chi connectivity index (χ0v) is 30.0. The number of aromatic nitrogens is 2. The van der Waals surface area contributed by atoms with E-state index in [0.29, 0.717) is 5.56 Å². The fourth-order valence-electron chi connectivity index (χ4n) is 4.29. The summed E-state index contributed by atoms with van der Waals surface area (Å²) in [5.74, 6) is -1.30. The summed E-state index contributed by atoms with van der Waals surface area (Å²) in [5, 5.41) is 12.9. The molecule has 2 heterocycles. The number of carbonyl (C=O) groups excluding carboxylic acids is 1. The van der Waals surface area contributed by atoms with Crippen LogP contribution < -0.4 is 5.32 Å². The van der Waals surface area contributed by atoms with E-state index in [1.165, 1.54) is 12.3 Å². The third-order valence-corrected chi connectivity index (χ3v) is 14.8. The predicted octanol–water partition coefficient (Wildman–Crippen LogP) is 9.31. The van der Waals surface area contributed by atoms with Gasteiger partial charge in [0.2, 0.25) is 0 Å². The minimum absolute atomic E-state index is 0.00318. The van der Waals surface area contributed by atoms with Crippen molar-refractivity contribution >= 4 is 74.5 Å². The average Bonchev–Trinajstić information content (AvgIpc) is 3.30. The maximum absolute atomic E-state index is 16.7. The number of halogens is 3. The van der Waals surface area contributed by atoms with Crippen LogP contribution in [-0.4, -0.2) is 40.3 Å². The minimum Gasteiger partial charge on any atom is -0.609 e. The molecule has 1 N–H and O–H groups in total. The molecular weight excluding hydrogens is 658 g/mol. The van der Waals surface area contributed by atoms with Gasteiger partial charge in [-0.15, -0.1) is 11.3 Å². The average molecular weight is 693 g/mol. The standard InChI is InChI=1S/C31H35ClF2N4O4S2Si/c1-10-44(40)28-36-14-18-19(15-41-45(8,9)31(5,6)7)23(32)22(24(34)25(18)37-28)16-11-12-20(33)26-21(16)17(13-35)27(43-26)38-29(39)42-30(2,3)4/h11-12,14H,10,15H2,1-9H3,(H,38,39). The summed E-state index contributed by atoms with van der Waals surface area (Å²) in [6.45, 7) is 17.1. The Morgan fingerprint density at radius 1 is 1.22 bits per heavy atom. The number of amides is 1. The third kappa shape index (κ3) is 6.96. The van der Waals surface area contributed by atoms with Gasteiger partial charge in [0.15, 0.2) is 14.1 Å². The first kappa shape index (κ1) is 35.0. The Labute approximate surface area is 274 Å². The van der Waals surface area contributed by atoms with E-state index in [9.17, 15) is 14.6 Å². The molecule has 240 valence electrons. The number of hydrogen-bond donors (Lipinski definition) is 1. The number of ether oxygens (including phenoxy) is 1. The molecule has 0 aliphatic carbocycles. The Balaban J connectivity index is 2.03. The highest BCUT2D eigenvalue weighted by molar-refractivity contribution is 7.91. The second kappa shape index (κ2) is 12.7. The van der Waals surface area contributed by atoms with Crippen molar-refractivity contribution in [3.05, 3.63) is 46.1 Å². The summed E-state index contributed by atoms with van der Waals surface area (Å²) in [5.41, 5.74) is -0.648. The SMILES string of the molecule is CC[S+]([O-])c1ncc2c(CO[Si](C)(C)C(C)(C)C)c(Cl)c(-c3ccc(F)c4sc(NC(=O)OC(C)(C)C)c(C#N)c34)c(F)c2n1. The first-order valence-corrected chi connectivity index (χ1v) is 19.6. The molecule has 0 fully saturated rings.